The van der Waals surface area contributed by atoms with E-state index in [-0.39, 0.29) is 29.7 Å². The first-order chi connectivity index (χ1) is 26.7. The topological polar surface area (TPSA) is 122 Å². The van der Waals surface area contributed by atoms with Crippen LogP contribution < -0.4 is 14.5 Å². The molecule has 3 aromatic carbocycles. The molecule has 4 aliphatic rings. The fourth-order valence-electron chi connectivity index (χ4n) is 9.62. The number of aromatic nitrogens is 2. The second kappa shape index (κ2) is 13.5. The van der Waals surface area contributed by atoms with Gasteiger partial charge in [-0.3, -0.25) is 28.8 Å². The molecule has 2 aromatic heterocycles. The lowest BCUT2D eigenvalue weighted by molar-refractivity contribution is -0.131. The summed E-state index contributed by atoms with van der Waals surface area (Å²) in [7, 11) is 3.16. The van der Waals surface area contributed by atoms with Crippen LogP contribution in [-0.2, 0) is 26.2 Å². The van der Waals surface area contributed by atoms with Crippen molar-refractivity contribution in [1.29, 1.82) is 0 Å². The molecule has 2 aliphatic heterocycles. The van der Waals surface area contributed by atoms with E-state index in [9.17, 15) is 14.7 Å². The minimum Gasteiger partial charge on any atom is -0.503 e. The molecule has 2 saturated heterocycles. The summed E-state index contributed by atoms with van der Waals surface area (Å²) in [6, 6.07) is 16.5. The van der Waals surface area contributed by atoms with Gasteiger partial charge in [0.2, 0.25) is 23.6 Å². The number of benzene rings is 3. The van der Waals surface area contributed by atoms with Gasteiger partial charge in [0.05, 0.1) is 45.3 Å². The van der Waals surface area contributed by atoms with Crippen LogP contribution in [0.15, 0.2) is 75.2 Å². The molecule has 15 heteroatoms. The molecule has 0 unspecified atom stereocenters. The SMILES string of the molecule is COc1cc([C@H]2C3=CC[C@@H]4C(=O)N(c5ccc(I)cc5)C(=O)[C@@H]4[C@@H]3C[C@H]3C(=O)N(c4cc(-c5sc6ccc(Cl)cc6c5C)nn4C)C(=O)[C@@]23C)c(Br)c(Br)c1O. The number of aryl methyl sites for hydroxylation is 2. The minimum absolute atomic E-state index is 0.128. The zero-order valence-electron chi connectivity index (χ0n) is 30.3. The number of halogens is 4. The molecule has 9 rings (SSSR count). The van der Waals surface area contributed by atoms with E-state index in [4.69, 9.17) is 21.4 Å². The highest BCUT2D eigenvalue weighted by atomic mass is 127. The van der Waals surface area contributed by atoms with Crippen LogP contribution in [0.3, 0.4) is 0 Å². The molecule has 2 aliphatic carbocycles. The number of hydrogen-bond acceptors (Lipinski definition) is 8. The van der Waals surface area contributed by atoms with Gasteiger partial charge in [-0.05, 0) is 152 Å². The molecule has 4 amide bonds. The van der Waals surface area contributed by atoms with E-state index >= 15 is 9.59 Å². The van der Waals surface area contributed by atoms with E-state index in [1.807, 2.05) is 50.3 Å². The zero-order valence-corrected chi connectivity index (χ0v) is 37.2. The highest BCUT2D eigenvalue weighted by Crippen LogP contribution is 2.65. The molecule has 6 atom stereocenters. The van der Waals surface area contributed by atoms with Gasteiger partial charge in [-0.25, -0.2) is 4.90 Å². The minimum atomic E-state index is -1.34. The number of rotatable bonds is 5. The van der Waals surface area contributed by atoms with E-state index in [1.165, 1.54) is 16.9 Å². The monoisotopic (exact) mass is 1030 g/mol. The molecule has 0 spiro atoms. The van der Waals surface area contributed by atoms with Gasteiger partial charge in [0.15, 0.2) is 11.5 Å². The molecule has 1 N–H and O–H groups in total. The van der Waals surface area contributed by atoms with Crippen LogP contribution in [0.4, 0.5) is 11.5 Å². The summed E-state index contributed by atoms with van der Waals surface area (Å²) in [6.45, 7) is 3.83. The van der Waals surface area contributed by atoms with Crippen molar-refractivity contribution in [3.63, 3.8) is 0 Å². The van der Waals surface area contributed by atoms with Crippen molar-refractivity contribution in [2.24, 2.45) is 36.1 Å². The molecule has 1 saturated carbocycles. The van der Waals surface area contributed by atoms with Crippen LogP contribution >= 0.6 is 77.4 Å². The van der Waals surface area contributed by atoms with Crippen molar-refractivity contribution in [3.05, 3.63) is 94.9 Å². The number of imide groups is 2. The Morgan fingerprint density at radius 1 is 0.982 bits per heavy atom. The van der Waals surface area contributed by atoms with Gasteiger partial charge in [-0.2, -0.15) is 5.10 Å². The average Bonchev–Trinajstić information content (AvgIpc) is 3.85. The summed E-state index contributed by atoms with van der Waals surface area (Å²) in [5, 5.41) is 17.4. The summed E-state index contributed by atoms with van der Waals surface area (Å²) in [5.74, 6) is -4.51. The number of nitrogens with zero attached hydrogens (tertiary/aromatic N) is 4. The number of phenols is 1. The Morgan fingerprint density at radius 2 is 1.71 bits per heavy atom. The van der Waals surface area contributed by atoms with Crippen LogP contribution in [0.2, 0.25) is 5.02 Å². The lowest BCUT2D eigenvalue weighted by Crippen LogP contribution is -2.49. The van der Waals surface area contributed by atoms with E-state index in [2.05, 4.69) is 54.5 Å². The number of fused-ring (bicyclic) bond motifs is 5. The Labute approximate surface area is 361 Å². The Kier molecular flexibility index (Phi) is 9.16. The first-order valence-electron chi connectivity index (χ1n) is 17.9. The largest absolute Gasteiger partial charge is 0.503 e. The van der Waals surface area contributed by atoms with Gasteiger partial charge in [-0.15, -0.1) is 11.3 Å². The number of ether oxygens (including phenoxy) is 1. The van der Waals surface area contributed by atoms with Crippen molar-refractivity contribution >= 4 is 123 Å². The maximum Gasteiger partial charge on any atom is 0.242 e. The number of thiophene rings is 1. The van der Waals surface area contributed by atoms with Crippen LogP contribution in [0.25, 0.3) is 20.7 Å². The first-order valence-corrected chi connectivity index (χ1v) is 21.7. The Bertz CT molecular complexity index is 2630. The number of anilines is 2. The molecule has 0 bridgehead atoms. The van der Waals surface area contributed by atoms with Gasteiger partial charge in [0.25, 0.3) is 0 Å². The van der Waals surface area contributed by atoms with E-state index in [0.29, 0.717) is 43.2 Å². The zero-order chi connectivity index (χ0) is 39.7. The number of aromatic hydroxyl groups is 1. The van der Waals surface area contributed by atoms with E-state index in [0.717, 1.165) is 29.7 Å². The fraction of sp³-hybridized carbons (Fsp3) is 0.293. The van der Waals surface area contributed by atoms with E-state index < -0.39 is 46.8 Å². The standard InChI is InChI=1S/C41H32Br2ClIN4O6S/c1-17-23-13-18(44)5-12-29(23)56-36(17)27-16-30(47(3)46-27)49-38(52)26-14-24-21(10-11-22-31(24)39(53)48(37(22)51)20-8-6-19(45)7-9-20)32(41(26,2)40(49)54)25-15-28(55-4)35(50)34(43)33(25)42/h5-10,12-13,15-16,22,24,26,31-32,50H,11,14H2,1-4H3/t22-,24+,26-,31-,32+,41+/m0/s1. The maximum absolute atomic E-state index is 15.3. The van der Waals surface area contributed by atoms with Gasteiger partial charge in [0.1, 0.15) is 11.5 Å². The molecule has 10 nitrogen and oxygen atoms in total. The number of carbonyl (C=O) groups is 4. The predicted octanol–water partition coefficient (Wildman–Crippen LogP) is 9.54. The van der Waals surface area contributed by atoms with Crippen molar-refractivity contribution in [1.82, 2.24) is 9.78 Å². The quantitative estimate of drug-likeness (QED) is 0.106. The summed E-state index contributed by atoms with van der Waals surface area (Å²) in [4.78, 5) is 62.3. The molecule has 3 fully saturated rings. The Hall–Kier alpha value is -3.57. The molecule has 4 heterocycles. The van der Waals surface area contributed by atoms with Gasteiger partial charge >= 0.3 is 0 Å². The Balaban J connectivity index is 1.19. The van der Waals surface area contributed by atoms with Crippen molar-refractivity contribution in [2.75, 3.05) is 16.9 Å². The van der Waals surface area contributed by atoms with Crippen LogP contribution in [0, 0.1) is 39.6 Å². The number of methoxy groups -OCH3 is 1. The molecule has 0 radical (unpaired) electrons. The molecular formula is C41H32Br2ClIN4O6S. The third-order valence-corrected chi connectivity index (χ3v) is 16.7. The lowest BCUT2D eigenvalue weighted by atomic mass is 9.51. The number of carbonyl (C=O) groups excluding carboxylic acids is 4. The van der Waals surface area contributed by atoms with Crippen LogP contribution in [0.1, 0.15) is 36.8 Å². The van der Waals surface area contributed by atoms with Crippen molar-refractivity contribution in [2.45, 2.75) is 32.6 Å². The smallest absolute Gasteiger partial charge is 0.242 e. The second-order valence-electron chi connectivity index (χ2n) is 15.0. The van der Waals surface area contributed by atoms with Crippen LogP contribution in [-0.4, -0.2) is 45.6 Å². The first kappa shape index (κ1) is 38.0. The number of allylic oxidation sites excluding steroid dienone is 2. The predicted molar refractivity (Wildman–Crippen MR) is 230 cm³/mol. The number of hydrogen-bond donors (Lipinski definition) is 1. The van der Waals surface area contributed by atoms with Gasteiger partial charge < -0.3 is 9.84 Å². The fourth-order valence-corrected chi connectivity index (χ4v) is 12.2. The second-order valence-corrected chi connectivity index (χ2v) is 19.3. The third kappa shape index (κ3) is 5.30. The van der Waals surface area contributed by atoms with Crippen molar-refractivity contribution < 1.29 is 29.0 Å². The molecular weight excluding hydrogens is 999 g/mol. The molecule has 286 valence electrons. The summed E-state index contributed by atoms with van der Waals surface area (Å²) < 4.78 is 9.98. The van der Waals surface area contributed by atoms with Crippen molar-refractivity contribution in [3.8, 4) is 22.1 Å². The summed E-state index contributed by atoms with van der Waals surface area (Å²) >= 11 is 17.3. The molecule has 5 aromatic rings. The van der Waals surface area contributed by atoms with Crippen LogP contribution in [0.5, 0.6) is 11.5 Å². The number of amides is 4. The number of phenolic OH excluding ortho intramolecular Hbond substituents is 1. The highest BCUT2D eigenvalue weighted by Gasteiger charge is 2.68. The Morgan fingerprint density at radius 3 is 2.43 bits per heavy atom. The summed E-state index contributed by atoms with van der Waals surface area (Å²) in [5.41, 5.74) is 2.19. The maximum atomic E-state index is 15.3. The highest BCUT2D eigenvalue weighted by molar-refractivity contribution is 14.1. The van der Waals surface area contributed by atoms with E-state index in [1.54, 1.807) is 47.3 Å². The normalized spacial score (nSPS) is 25.9. The summed E-state index contributed by atoms with van der Waals surface area (Å²) in [6.07, 6.45) is 2.48. The average molecular weight is 1030 g/mol. The molecule has 56 heavy (non-hydrogen) atoms. The van der Waals surface area contributed by atoms with Gasteiger partial charge in [0, 0.05) is 36.8 Å². The van der Waals surface area contributed by atoms with Gasteiger partial charge in [-0.1, -0.05) is 23.3 Å². The third-order valence-electron chi connectivity index (χ3n) is 12.3. The lowest BCUT2D eigenvalue weighted by Gasteiger charge is -2.49.